The van der Waals surface area contributed by atoms with Crippen molar-refractivity contribution in [3.63, 3.8) is 0 Å². The van der Waals surface area contributed by atoms with Crippen LogP contribution < -0.4 is 10.6 Å². The van der Waals surface area contributed by atoms with Gasteiger partial charge in [0, 0.05) is 25.7 Å². The molecule has 1 aliphatic heterocycles. The van der Waals surface area contributed by atoms with Crippen LogP contribution in [-0.2, 0) is 6.54 Å². The number of nitrogens with two attached hydrogens (primary N) is 1. The zero-order chi connectivity index (χ0) is 17.4. The fourth-order valence-corrected chi connectivity index (χ4v) is 3.49. The Labute approximate surface area is 140 Å². The molecule has 0 saturated carbocycles. The van der Waals surface area contributed by atoms with Gasteiger partial charge in [-0.1, -0.05) is 11.3 Å². The highest BCUT2D eigenvalue weighted by Gasteiger charge is 2.32. The molecule has 0 unspecified atom stereocenters. The van der Waals surface area contributed by atoms with Gasteiger partial charge in [0.2, 0.25) is 0 Å². The average Bonchev–Trinajstić information content (AvgIpc) is 3.02. The summed E-state index contributed by atoms with van der Waals surface area (Å²) in [5.74, 6) is -1.96. The summed E-state index contributed by atoms with van der Waals surface area (Å²) in [7, 11) is 0. The van der Waals surface area contributed by atoms with Crippen LogP contribution >= 0.6 is 11.3 Å². The van der Waals surface area contributed by atoms with Gasteiger partial charge in [0.1, 0.15) is 16.5 Å². The van der Waals surface area contributed by atoms with E-state index in [-0.39, 0.29) is 12.6 Å². The molecule has 1 aromatic heterocycles. The Hall–Kier alpha value is -2.55. The van der Waals surface area contributed by atoms with Crippen molar-refractivity contribution >= 4 is 28.4 Å². The van der Waals surface area contributed by atoms with Crippen molar-refractivity contribution < 1.29 is 18.4 Å². The second-order valence-corrected chi connectivity index (χ2v) is 6.39. The highest BCUT2D eigenvalue weighted by Crippen LogP contribution is 2.29. The molecule has 1 saturated heterocycles. The lowest BCUT2D eigenvalue weighted by molar-refractivity contribution is 0.100. The molecule has 6 nitrogen and oxygen atoms in total. The molecule has 126 valence electrons. The molecule has 0 bridgehead atoms. The van der Waals surface area contributed by atoms with Gasteiger partial charge in [0.25, 0.3) is 5.91 Å². The monoisotopic (exact) mass is 352 g/mol. The predicted molar refractivity (Wildman–Crippen MR) is 84.9 cm³/mol. The number of hydrogen-bond donors (Lipinski definition) is 1. The van der Waals surface area contributed by atoms with Crippen LogP contribution in [0, 0.1) is 18.6 Å². The number of urea groups is 1. The van der Waals surface area contributed by atoms with E-state index < -0.39 is 17.5 Å². The number of carbonyl (C=O) groups is 2. The van der Waals surface area contributed by atoms with Gasteiger partial charge in [-0.05, 0) is 24.6 Å². The maximum Gasteiger partial charge on any atom is 0.326 e. The maximum absolute atomic E-state index is 13.3. The van der Waals surface area contributed by atoms with Gasteiger partial charge in [-0.25, -0.2) is 18.6 Å². The highest BCUT2D eigenvalue weighted by molar-refractivity contribution is 7.17. The minimum absolute atomic E-state index is 0.0943. The standard InChI is InChI=1S/C15H14F2N4O2S/c1-8-12(13(18)22)24-14(19-8)21-3-2-20(15(21)23)7-9-4-10(16)6-11(17)5-9/h4-6H,2-3,7H2,1H3,(H2,18,22). The van der Waals surface area contributed by atoms with Crippen LogP contribution in [0.2, 0.25) is 0 Å². The second-order valence-electron chi connectivity index (χ2n) is 5.41. The molecule has 0 aliphatic carbocycles. The molecule has 2 N–H and O–H groups in total. The first-order chi connectivity index (χ1) is 11.3. The van der Waals surface area contributed by atoms with Crippen LogP contribution in [0.3, 0.4) is 0 Å². The SMILES string of the molecule is Cc1nc(N2CCN(Cc3cc(F)cc(F)c3)C2=O)sc1C(N)=O. The Bertz CT molecular complexity index is 804. The zero-order valence-corrected chi connectivity index (χ0v) is 13.6. The summed E-state index contributed by atoms with van der Waals surface area (Å²) < 4.78 is 26.5. The number of anilines is 1. The van der Waals surface area contributed by atoms with E-state index in [2.05, 4.69) is 4.98 Å². The third-order valence-corrected chi connectivity index (χ3v) is 4.83. The summed E-state index contributed by atoms with van der Waals surface area (Å²) in [4.78, 5) is 31.2. The van der Waals surface area contributed by atoms with Crippen molar-refractivity contribution in [2.45, 2.75) is 13.5 Å². The summed E-state index contributed by atoms with van der Waals surface area (Å²) >= 11 is 1.05. The maximum atomic E-state index is 13.3. The zero-order valence-electron chi connectivity index (χ0n) is 12.8. The fraction of sp³-hybridized carbons (Fsp3) is 0.267. The Morgan fingerprint density at radius 2 is 1.96 bits per heavy atom. The predicted octanol–water partition coefficient (Wildman–Crippen LogP) is 2.27. The molecule has 2 aromatic rings. The van der Waals surface area contributed by atoms with Crippen molar-refractivity contribution in [1.82, 2.24) is 9.88 Å². The number of aromatic nitrogens is 1. The van der Waals surface area contributed by atoms with Crippen molar-refractivity contribution in [3.05, 3.63) is 46.0 Å². The number of carbonyl (C=O) groups excluding carboxylic acids is 2. The minimum Gasteiger partial charge on any atom is -0.365 e. The van der Waals surface area contributed by atoms with Crippen molar-refractivity contribution in [1.29, 1.82) is 0 Å². The van der Waals surface area contributed by atoms with Crippen LogP contribution in [0.15, 0.2) is 18.2 Å². The Kier molecular flexibility index (Phi) is 4.18. The van der Waals surface area contributed by atoms with Gasteiger partial charge in [-0.3, -0.25) is 9.69 Å². The minimum atomic E-state index is -0.685. The number of thiazole rings is 1. The molecule has 0 radical (unpaired) electrons. The fourth-order valence-electron chi connectivity index (χ4n) is 2.56. The number of amides is 3. The van der Waals surface area contributed by atoms with Gasteiger partial charge in [0.05, 0.1) is 5.69 Å². The van der Waals surface area contributed by atoms with Crippen LogP contribution in [0.5, 0.6) is 0 Å². The molecule has 2 heterocycles. The van der Waals surface area contributed by atoms with Gasteiger partial charge in [-0.2, -0.15) is 0 Å². The van der Waals surface area contributed by atoms with Gasteiger partial charge in [0.15, 0.2) is 5.13 Å². The number of hydrogen-bond acceptors (Lipinski definition) is 4. The number of rotatable bonds is 4. The first-order valence-corrected chi connectivity index (χ1v) is 7.95. The molecule has 1 fully saturated rings. The second kappa shape index (κ2) is 6.16. The molecule has 1 aromatic carbocycles. The van der Waals surface area contributed by atoms with E-state index in [1.165, 1.54) is 21.9 Å². The lowest BCUT2D eigenvalue weighted by Crippen LogP contribution is -2.31. The lowest BCUT2D eigenvalue weighted by atomic mass is 10.2. The summed E-state index contributed by atoms with van der Waals surface area (Å²) in [6.07, 6.45) is 0. The molecule has 0 atom stereocenters. The number of benzene rings is 1. The molecule has 3 rings (SSSR count). The van der Waals surface area contributed by atoms with Crippen LogP contribution in [0.1, 0.15) is 20.9 Å². The molecule has 3 amide bonds. The van der Waals surface area contributed by atoms with E-state index in [1.54, 1.807) is 6.92 Å². The number of primary amides is 1. The van der Waals surface area contributed by atoms with E-state index in [9.17, 15) is 18.4 Å². The molecular weight excluding hydrogens is 338 g/mol. The van der Waals surface area contributed by atoms with Gasteiger partial charge >= 0.3 is 6.03 Å². The van der Waals surface area contributed by atoms with Crippen molar-refractivity contribution in [3.8, 4) is 0 Å². The van der Waals surface area contributed by atoms with E-state index >= 15 is 0 Å². The number of nitrogens with zero attached hydrogens (tertiary/aromatic N) is 3. The van der Waals surface area contributed by atoms with Gasteiger partial charge < -0.3 is 10.6 Å². The summed E-state index contributed by atoms with van der Waals surface area (Å²) in [6.45, 7) is 2.51. The third kappa shape index (κ3) is 3.07. The van der Waals surface area contributed by atoms with Crippen molar-refractivity contribution in [2.75, 3.05) is 18.0 Å². The van der Waals surface area contributed by atoms with Gasteiger partial charge in [-0.15, -0.1) is 0 Å². The summed E-state index contributed by atoms with van der Waals surface area (Å²) in [5, 5.41) is 0.388. The summed E-state index contributed by atoms with van der Waals surface area (Å²) in [6, 6.07) is 2.84. The molecule has 9 heteroatoms. The number of halogens is 2. The average molecular weight is 352 g/mol. The molecule has 1 aliphatic rings. The van der Waals surface area contributed by atoms with Crippen LogP contribution in [-0.4, -0.2) is 34.9 Å². The quantitative estimate of drug-likeness (QED) is 0.917. The Balaban J connectivity index is 1.77. The lowest BCUT2D eigenvalue weighted by Gasteiger charge is -2.17. The first kappa shape index (κ1) is 16.3. The topological polar surface area (TPSA) is 79.5 Å². The molecule has 24 heavy (non-hydrogen) atoms. The largest absolute Gasteiger partial charge is 0.365 e. The van der Waals surface area contributed by atoms with E-state index in [4.69, 9.17) is 5.73 Å². The molecular formula is C15H14F2N4O2S. The summed E-state index contributed by atoms with van der Waals surface area (Å²) in [5.41, 5.74) is 6.11. The van der Waals surface area contributed by atoms with E-state index in [0.29, 0.717) is 34.4 Å². The van der Waals surface area contributed by atoms with E-state index in [1.807, 2.05) is 0 Å². The first-order valence-electron chi connectivity index (χ1n) is 7.14. The molecule has 0 spiro atoms. The van der Waals surface area contributed by atoms with Crippen molar-refractivity contribution in [2.24, 2.45) is 5.73 Å². The van der Waals surface area contributed by atoms with Crippen LogP contribution in [0.4, 0.5) is 18.7 Å². The Morgan fingerprint density at radius 1 is 1.29 bits per heavy atom. The highest BCUT2D eigenvalue weighted by atomic mass is 32.1. The van der Waals surface area contributed by atoms with Crippen LogP contribution in [0.25, 0.3) is 0 Å². The Morgan fingerprint density at radius 3 is 2.54 bits per heavy atom. The number of aryl methyl sites for hydroxylation is 1. The van der Waals surface area contributed by atoms with E-state index in [0.717, 1.165) is 17.4 Å². The third-order valence-electron chi connectivity index (χ3n) is 3.63. The smallest absolute Gasteiger partial charge is 0.326 e. The normalized spacial score (nSPS) is 14.5.